The molecule has 0 aliphatic carbocycles. The number of aryl methyl sites for hydroxylation is 1. The lowest BCUT2D eigenvalue weighted by molar-refractivity contribution is -0.144. The van der Waals surface area contributed by atoms with E-state index in [4.69, 9.17) is 4.74 Å². The van der Waals surface area contributed by atoms with E-state index in [1.807, 2.05) is 31.2 Å². The van der Waals surface area contributed by atoms with E-state index in [2.05, 4.69) is 26.6 Å². The minimum Gasteiger partial charge on any atom is -0.467 e. The molecule has 2 aromatic carbocycles. The zero-order valence-electron chi connectivity index (χ0n) is 26.7. The largest absolute Gasteiger partial charge is 0.467 e. The van der Waals surface area contributed by atoms with Gasteiger partial charge in [-0.2, -0.15) is 0 Å². The van der Waals surface area contributed by atoms with Crippen molar-refractivity contribution < 1.29 is 33.1 Å². The topological polar surface area (TPSA) is 155 Å². The van der Waals surface area contributed by atoms with Crippen molar-refractivity contribution in [1.29, 1.82) is 0 Å². The van der Waals surface area contributed by atoms with Crippen molar-refractivity contribution in [3.63, 3.8) is 0 Å². The van der Waals surface area contributed by atoms with Crippen molar-refractivity contribution in [3.8, 4) is 0 Å². The molecule has 1 aliphatic rings. The van der Waals surface area contributed by atoms with Gasteiger partial charge in [-0.1, -0.05) is 61.9 Å². The highest BCUT2D eigenvalue weighted by molar-refractivity contribution is 5.93. The third kappa shape index (κ3) is 11.6. The molecule has 11 nitrogen and oxygen atoms in total. The number of hydrogen-bond donors (Lipinski definition) is 5. The number of carbonyl (C=O) groups is 5. The molecule has 46 heavy (non-hydrogen) atoms. The van der Waals surface area contributed by atoms with Crippen LogP contribution in [-0.4, -0.2) is 67.5 Å². The smallest absolute Gasteiger partial charge is 0.328 e. The summed E-state index contributed by atoms with van der Waals surface area (Å²) in [6.45, 7) is 5.80. The van der Waals surface area contributed by atoms with E-state index in [9.17, 15) is 28.4 Å². The Morgan fingerprint density at radius 3 is 2.46 bits per heavy atom. The zero-order chi connectivity index (χ0) is 33.6. The van der Waals surface area contributed by atoms with E-state index < -0.39 is 53.8 Å². The molecule has 2 aromatic rings. The van der Waals surface area contributed by atoms with Crippen molar-refractivity contribution >= 4 is 29.7 Å². The lowest BCUT2D eigenvalue weighted by atomic mass is 10.0. The predicted octanol–water partition coefficient (Wildman–Crippen LogP) is 2.61. The molecule has 0 aromatic heterocycles. The summed E-state index contributed by atoms with van der Waals surface area (Å²) in [5.74, 6) is -2.70. The second kappa shape index (κ2) is 17.7. The first kappa shape index (κ1) is 35.7. The van der Waals surface area contributed by atoms with Gasteiger partial charge in [-0.3, -0.25) is 14.4 Å². The Kier molecular flexibility index (Phi) is 13.7. The Morgan fingerprint density at radius 2 is 1.76 bits per heavy atom. The zero-order valence-corrected chi connectivity index (χ0v) is 26.7. The van der Waals surface area contributed by atoms with Crippen LogP contribution in [0.25, 0.3) is 0 Å². The van der Waals surface area contributed by atoms with Gasteiger partial charge in [0.25, 0.3) is 0 Å². The molecule has 5 N–H and O–H groups in total. The minimum atomic E-state index is -1.09. The summed E-state index contributed by atoms with van der Waals surface area (Å²) >= 11 is 0. The monoisotopic (exact) mass is 637 g/mol. The molecular weight excluding hydrogens is 593 g/mol. The van der Waals surface area contributed by atoms with Crippen LogP contribution in [-0.2, 0) is 36.8 Å². The van der Waals surface area contributed by atoms with E-state index in [1.54, 1.807) is 26.0 Å². The predicted molar refractivity (Wildman–Crippen MR) is 171 cm³/mol. The van der Waals surface area contributed by atoms with E-state index in [1.165, 1.54) is 31.4 Å². The molecule has 1 aliphatic heterocycles. The fourth-order valence-electron chi connectivity index (χ4n) is 5.11. The van der Waals surface area contributed by atoms with Gasteiger partial charge >= 0.3 is 12.0 Å². The molecule has 0 fully saturated rings. The van der Waals surface area contributed by atoms with Gasteiger partial charge in [0.2, 0.25) is 17.7 Å². The lowest BCUT2D eigenvalue weighted by Gasteiger charge is -2.26. The van der Waals surface area contributed by atoms with Crippen molar-refractivity contribution in [2.45, 2.75) is 77.0 Å². The molecule has 4 atom stereocenters. The van der Waals surface area contributed by atoms with Gasteiger partial charge < -0.3 is 31.3 Å². The van der Waals surface area contributed by atoms with Crippen LogP contribution < -0.4 is 26.6 Å². The van der Waals surface area contributed by atoms with Gasteiger partial charge in [-0.15, -0.1) is 0 Å². The van der Waals surface area contributed by atoms with Crippen LogP contribution in [0.1, 0.15) is 49.8 Å². The Labute approximate surface area is 269 Å². The molecule has 0 saturated carbocycles. The summed E-state index contributed by atoms with van der Waals surface area (Å²) < 4.78 is 18.7. The first-order chi connectivity index (χ1) is 21.9. The van der Waals surface area contributed by atoms with Gasteiger partial charge in [0.15, 0.2) is 0 Å². The average molecular weight is 638 g/mol. The highest BCUT2D eigenvalue weighted by Crippen LogP contribution is 2.12. The Bertz CT molecular complexity index is 1410. The SMILES string of the molecule is COC(=O)[C@@H](NC(=O)N[C@@H](Cc1cccc(C)c1)C(=O)N[C@H]1CCCCNC(=O)/C=C/[C@H](Cc2cccc(F)c2)NC1=O)C(C)C. The van der Waals surface area contributed by atoms with Crippen LogP contribution in [0.3, 0.4) is 0 Å². The molecule has 5 amide bonds. The van der Waals surface area contributed by atoms with Crippen LogP contribution in [0.2, 0.25) is 0 Å². The molecule has 0 radical (unpaired) electrons. The molecule has 12 heteroatoms. The summed E-state index contributed by atoms with van der Waals surface area (Å²) in [4.78, 5) is 64.9. The number of urea groups is 1. The number of halogens is 1. The molecular formula is C34H44FN5O6. The molecule has 0 saturated heterocycles. The molecule has 248 valence electrons. The van der Waals surface area contributed by atoms with E-state index >= 15 is 0 Å². The molecule has 0 unspecified atom stereocenters. The number of esters is 1. The summed E-state index contributed by atoms with van der Waals surface area (Å²) in [7, 11) is 1.23. The van der Waals surface area contributed by atoms with E-state index in [0.29, 0.717) is 24.9 Å². The van der Waals surface area contributed by atoms with E-state index in [0.717, 1.165) is 11.1 Å². The summed E-state index contributed by atoms with van der Waals surface area (Å²) in [6.07, 6.45) is 4.56. The maximum absolute atomic E-state index is 13.9. The third-order valence-electron chi connectivity index (χ3n) is 7.56. The number of amides is 5. The highest BCUT2D eigenvalue weighted by Gasteiger charge is 2.30. The van der Waals surface area contributed by atoms with Crippen LogP contribution in [0.4, 0.5) is 9.18 Å². The molecule has 0 bridgehead atoms. The number of methoxy groups -OCH3 is 1. The number of ether oxygens (including phenoxy) is 1. The minimum absolute atomic E-state index is 0.122. The van der Waals surface area contributed by atoms with Crippen LogP contribution in [0, 0.1) is 18.7 Å². The number of carbonyl (C=O) groups excluding carboxylic acids is 5. The first-order valence-corrected chi connectivity index (χ1v) is 15.5. The number of rotatable bonds is 10. The average Bonchev–Trinajstić information content (AvgIpc) is 3.00. The fourth-order valence-corrected chi connectivity index (χ4v) is 5.11. The Balaban J connectivity index is 1.83. The summed E-state index contributed by atoms with van der Waals surface area (Å²) in [5, 5.41) is 13.8. The van der Waals surface area contributed by atoms with Crippen molar-refractivity contribution in [2.24, 2.45) is 5.92 Å². The summed E-state index contributed by atoms with van der Waals surface area (Å²) in [6, 6.07) is 9.03. The number of benzene rings is 2. The normalized spacial score (nSPS) is 19.3. The van der Waals surface area contributed by atoms with Gasteiger partial charge in [0.05, 0.1) is 13.2 Å². The maximum atomic E-state index is 13.9. The molecule has 1 heterocycles. The standard InChI is InChI=1S/C34H44FN5O6/c1-21(2)30(33(44)46-4)40-34(45)39-28(20-23-10-7-9-22(3)17-23)32(43)38-27-13-5-6-16-36-29(41)15-14-26(37-31(27)42)19-24-11-8-12-25(35)18-24/h7-12,14-15,17-18,21,26-28,30H,5-6,13,16,19-20H2,1-4H3,(H,36,41)(H,37,42)(H,38,43)(H2,39,40,45)/b15-14+/t26-,27+,28+,30+/m1/s1. The maximum Gasteiger partial charge on any atom is 0.328 e. The number of nitrogens with one attached hydrogen (secondary N) is 5. The second-order valence-corrected chi connectivity index (χ2v) is 11.8. The Morgan fingerprint density at radius 1 is 1.02 bits per heavy atom. The van der Waals surface area contributed by atoms with E-state index in [-0.39, 0.29) is 31.1 Å². The second-order valence-electron chi connectivity index (χ2n) is 11.8. The van der Waals surface area contributed by atoms with Gasteiger partial charge in [-0.25, -0.2) is 14.0 Å². The third-order valence-corrected chi connectivity index (χ3v) is 7.56. The van der Waals surface area contributed by atoms with Gasteiger partial charge in [0, 0.05) is 19.0 Å². The van der Waals surface area contributed by atoms with Crippen LogP contribution >= 0.6 is 0 Å². The Hall–Kier alpha value is -4.74. The highest BCUT2D eigenvalue weighted by atomic mass is 19.1. The van der Waals surface area contributed by atoms with Crippen LogP contribution in [0.15, 0.2) is 60.7 Å². The fraction of sp³-hybridized carbons (Fsp3) is 0.441. The first-order valence-electron chi connectivity index (χ1n) is 15.5. The van der Waals surface area contributed by atoms with Crippen molar-refractivity contribution in [1.82, 2.24) is 26.6 Å². The quantitative estimate of drug-likeness (QED) is 0.253. The van der Waals surface area contributed by atoms with Gasteiger partial charge in [0.1, 0.15) is 23.9 Å². The van der Waals surface area contributed by atoms with Gasteiger partial charge in [-0.05, 0) is 61.8 Å². The van der Waals surface area contributed by atoms with Crippen molar-refractivity contribution in [2.75, 3.05) is 13.7 Å². The lowest BCUT2D eigenvalue weighted by Crippen LogP contribution is -2.58. The number of hydrogen-bond acceptors (Lipinski definition) is 6. The van der Waals surface area contributed by atoms with Crippen molar-refractivity contribution in [3.05, 3.63) is 83.2 Å². The van der Waals surface area contributed by atoms with Crippen LogP contribution in [0.5, 0.6) is 0 Å². The molecule has 3 rings (SSSR count). The summed E-state index contributed by atoms with van der Waals surface area (Å²) in [5.41, 5.74) is 2.37. The molecule has 0 spiro atoms.